The molecule has 0 radical (unpaired) electrons. The molecule has 106 valence electrons. The Hall–Kier alpha value is -0.0800. The zero-order chi connectivity index (χ0) is 13.0. The van der Waals surface area contributed by atoms with Crippen LogP contribution < -0.4 is 5.32 Å². The summed E-state index contributed by atoms with van der Waals surface area (Å²) in [5.41, 5.74) is 0.447. The number of rotatable bonds is 5. The van der Waals surface area contributed by atoms with Gasteiger partial charge >= 0.3 is 0 Å². The number of hydrogen-bond donors (Lipinski definition) is 1. The summed E-state index contributed by atoms with van der Waals surface area (Å²) < 4.78 is 0. The van der Waals surface area contributed by atoms with Gasteiger partial charge < -0.3 is 10.2 Å². The summed E-state index contributed by atoms with van der Waals surface area (Å²) in [7, 11) is 4.55. The van der Waals surface area contributed by atoms with Crippen molar-refractivity contribution >= 4 is 0 Å². The van der Waals surface area contributed by atoms with Crippen molar-refractivity contribution in [1.29, 1.82) is 0 Å². The van der Waals surface area contributed by atoms with E-state index in [1.165, 1.54) is 64.3 Å². The molecule has 0 bridgehead atoms. The van der Waals surface area contributed by atoms with Crippen LogP contribution in [0.1, 0.15) is 64.7 Å². The van der Waals surface area contributed by atoms with Gasteiger partial charge in [-0.2, -0.15) is 0 Å². The molecular formula is C16H32N2. The maximum atomic E-state index is 3.90. The molecule has 0 spiro atoms. The molecule has 0 saturated heterocycles. The molecule has 2 atom stereocenters. The highest BCUT2D eigenvalue weighted by Crippen LogP contribution is 2.33. The summed E-state index contributed by atoms with van der Waals surface area (Å²) in [5.74, 6) is 0.990. The summed E-state index contributed by atoms with van der Waals surface area (Å²) in [4.78, 5) is 2.49. The first kappa shape index (κ1) is 14.3. The highest BCUT2D eigenvalue weighted by molar-refractivity contribution is 4.94. The fourth-order valence-electron chi connectivity index (χ4n) is 3.96. The maximum absolute atomic E-state index is 3.90. The lowest BCUT2D eigenvalue weighted by atomic mass is 9.80. The SMILES string of the molecule is CCC1CCC(NCC2(N(C)C)CCCCC2)C1. The van der Waals surface area contributed by atoms with Crippen molar-refractivity contribution in [3.8, 4) is 0 Å². The molecule has 2 unspecified atom stereocenters. The number of likely N-dealkylation sites (N-methyl/N-ethyl adjacent to an activating group) is 1. The molecule has 0 aromatic carbocycles. The second-order valence-corrected chi connectivity index (χ2v) is 6.84. The quantitative estimate of drug-likeness (QED) is 0.806. The zero-order valence-corrected chi connectivity index (χ0v) is 12.7. The predicted octanol–water partition coefficient (Wildman–Crippen LogP) is 3.42. The van der Waals surface area contributed by atoms with Crippen LogP contribution in [0.2, 0.25) is 0 Å². The molecule has 2 aliphatic rings. The first-order chi connectivity index (χ1) is 8.66. The standard InChI is InChI=1S/C16H32N2/c1-4-14-8-9-15(12-14)17-13-16(18(2)3)10-6-5-7-11-16/h14-15,17H,4-13H2,1-3H3. The number of hydrogen-bond acceptors (Lipinski definition) is 2. The van der Waals surface area contributed by atoms with Crippen molar-refractivity contribution in [3.05, 3.63) is 0 Å². The van der Waals surface area contributed by atoms with Gasteiger partial charge in [0.1, 0.15) is 0 Å². The molecule has 2 nitrogen and oxygen atoms in total. The van der Waals surface area contributed by atoms with Crippen LogP contribution in [0.15, 0.2) is 0 Å². The lowest BCUT2D eigenvalue weighted by Gasteiger charge is -2.44. The van der Waals surface area contributed by atoms with E-state index in [9.17, 15) is 0 Å². The largest absolute Gasteiger partial charge is 0.312 e. The lowest BCUT2D eigenvalue weighted by molar-refractivity contribution is 0.0952. The van der Waals surface area contributed by atoms with E-state index in [-0.39, 0.29) is 0 Å². The van der Waals surface area contributed by atoms with Crippen molar-refractivity contribution in [2.45, 2.75) is 76.3 Å². The van der Waals surface area contributed by atoms with Gasteiger partial charge in [-0.3, -0.25) is 0 Å². The fourth-order valence-corrected chi connectivity index (χ4v) is 3.96. The van der Waals surface area contributed by atoms with Crippen LogP contribution in [0.5, 0.6) is 0 Å². The van der Waals surface area contributed by atoms with Gasteiger partial charge in [0.15, 0.2) is 0 Å². The van der Waals surface area contributed by atoms with Crippen molar-refractivity contribution in [3.63, 3.8) is 0 Å². The Bertz CT molecular complexity index is 243. The third kappa shape index (κ3) is 3.27. The molecular weight excluding hydrogens is 220 g/mol. The Morgan fingerprint density at radius 2 is 1.83 bits per heavy atom. The zero-order valence-electron chi connectivity index (χ0n) is 12.7. The second-order valence-electron chi connectivity index (χ2n) is 6.84. The smallest absolute Gasteiger partial charge is 0.0327 e. The monoisotopic (exact) mass is 252 g/mol. The molecule has 18 heavy (non-hydrogen) atoms. The number of nitrogens with zero attached hydrogens (tertiary/aromatic N) is 1. The van der Waals surface area contributed by atoms with Crippen LogP contribution in [-0.4, -0.2) is 37.1 Å². The van der Waals surface area contributed by atoms with E-state index >= 15 is 0 Å². The third-order valence-corrected chi connectivity index (χ3v) is 5.57. The van der Waals surface area contributed by atoms with Gasteiger partial charge in [0.2, 0.25) is 0 Å². The highest BCUT2D eigenvalue weighted by atomic mass is 15.2. The molecule has 0 aliphatic heterocycles. The Balaban J connectivity index is 1.83. The molecule has 2 rings (SSSR count). The summed E-state index contributed by atoms with van der Waals surface area (Å²) in [6, 6.07) is 0.800. The molecule has 2 saturated carbocycles. The van der Waals surface area contributed by atoms with E-state index in [0.717, 1.165) is 12.0 Å². The van der Waals surface area contributed by atoms with Crippen LogP contribution in [-0.2, 0) is 0 Å². The van der Waals surface area contributed by atoms with Crippen LogP contribution >= 0.6 is 0 Å². The fraction of sp³-hybridized carbons (Fsp3) is 1.00. The van der Waals surface area contributed by atoms with E-state index < -0.39 is 0 Å². The normalized spacial score (nSPS) is 32.0. The van der Waals surface area contributed by atoms with Gasteiger partial charge in [-0.25, -0.2) is 0 Å². The molecule has 2 aliphatic carbocycles. The maximum Gasteiger partial charge on any atom is 0.0327 e. The third-order valence-electron chi connectivity index (χ3n) is 5.57. The van der Waals surface area contributed by atoms with E-state index in [4.69, 9.17) is 0 Å². The summed E-state index contributed by atoms with van der Waals surface area (Å²) >= 11 is 0. The Labute approximate surface area is 114 Å². The Morgan fingerprint density at radius 3 is 2.39 bits per heavy atom. The predicted molar refractivity (Wildman–Crippen MR) is 78.9 cm³/mol. The molecule has 0 aromatic rings. The average Bonchev–Trinajstić information content (AvgIpc) is 2.85. The minimum absolute atomic E-state index is 0.447. The van der Waals surface area contributed by atoms with E-state index in [1.807, 2.05) is 0 Å². The molecule has 2 fully saturated rings. The van der Waals surface area contributed by atoms with Gasteiger partial charge in [-0.15, -0.1) is 0 Å². The first-order valence-electron chi connectivity index (χ1n) is 8.07. The molecule has 0 amide bonds. The minimum Gasteiger partial charge on any atom is -0.312 e. The molecule has 0 heterocycles. The van der Waals surface area contributed by atoms with Crippen LogP contribution in [0, 0.1) is 5.92 Å². The van der Waals surface area contributed by atoms with E-state index in [1.54, 1.807) is 0 Å². The van der Waals surface area contributed by atoms with Crippen LogP contribution in [0.25, 0.3) is 0 Å². The van der Waals surface area contributed by atoms with Gasteiger partial charge in [0.25, 0.3) is 0 Å². The minimum atomic E-state index is 0.447. The van der Waals surface area contributed by atoms with Crippen molar-refractivity contribution in [2.75, 3.05) is 20.6 Å². The van der Waals surface area contributed by atoms with Crippen molar-refractivity contribution < 1.29 is 0 Å². The topological polar surface area (TPSA) is 15.3 Å². The number of nitrogens with one attached hydrogen (secondary N) is 1. The van der Waals surface area contributed by atoms with Crippen molar-refractivity contribution in [1.82, 2.24) is 10.2 Å². The van der Waals surface area contributed by atoms with Crippen LogP contribution in [0.4, 0.5) is 0 Å². The Morgan fingerprint density at radius 1 is 1.11 bits per heavy atom. The van der Waals surface area contributed by atoms with Gasteiger partial charge in [0.05, 0.1) is 0 Å². The first-order valence-corrected chi connectivity index (χ1v) is 8.07. The lowest BCUT2D eigenvalue weighted by Crippen LogP contribution is -2.54. The molecule has 0 aromatic heterocycles. The summed E-state index contributed by atoms with van der Waals surface area (Å²) in [6.45, 7) is 3.55. The second kappa shape index (κ2) is 6.38. The highest BCUT2D eigenvalue weighted by Gasteiger charge is 2.35. The average molecular weight is 252 g/mol. The summed E-state index contributed by atoms with van der Waals surface area (Å²) in [6.07, 6.45) is 12.7. The van der Waals surface area contributed by atoms with Gasteiger partial charge in [-0.05, 0) is 52.1 Å². The van der Waals surface area contributed by atoms with Gasteiger partial charge in [0, 0.05) is 18.1 Å². The Kier molecular flexibility index (Phi) is 5.08. The van der Waals surface area contributed by atoms with E-state index in [2.05, 4.69) is 31.2 Å². The van der Waals surface area contributed by atoms with Crippen molar-refractivity contribution in [2.24, 2.45) is 5.92 Å². The molecule has 2 heteroatoms. The van der Waals surface area contributed by atoms with Gasteiger partial charge in [-0.1, -0.05) is 32.6 Å². The summed E-state index contributed by atoms with van der Waals surface area (Å²) in [5, 5.41) is 3.90. The van der Waals surface area contributed by atoms with E-state index in [0.29, 0.717) is 5.54 Å². The molecule has 1 N–H and O–H groups in total. The van der Waals surface area contributed by atoms with Crippen LogP contribution in [0.3, 0.4) is 0 Å².